The van der Waals surface area contributed by atoms with Crippen molar-refractivity contribution in [3.8, 4) is 11.8 Å². The maximum absolute atomic E-state index is 10.7. The van der Waals surface area contributed by atoms with Crippen molar-refractivity contribution in [1.82, 2.24) is 0 Å². The Hall–Kier alpha value is -1.53. The Balaban J connectivity index is 0.00000242. The molecule has 2 aromatic rings. The van der Waals surface area contributed by atoms with E-state index < -0.39 is 5.97 Å². The van der Waals surface area contributed by atoms with Gasteiger partial charge in [0.05, 0.1) is 5.97 Å². The van der Waals surface area contributed by atoms with Crippen molar-refractivity contribution in [2.24, 2.45) is 0 Å². The van der Waals surface area contributed by atoms with Gasteiger partial charge < -0.3 is 9.90 Å². The predicted molar refractivity (Wildman–Crippen MR) is 81.8 cm³/mol. The molecular weight excluding hydrogens is 283 g/mol. The summed E-state index contributed by atoms with van der Waals surface area (Å²) >= 11 is 0. The van der Waals surface area contributed by atoms with Gasteiger partial charge in [-0.3, -0.25) is 0 Å². The zero-order valence-corrected chi connectivity index (χ0v) is 15.1. The quantitative estimate of drug-likeness (QED) is 0.579. The summed E-state index contributed by atoms with van der Waals surface area (Å²) in [5, 5.41) is 10.7. The van der Waals surface area contributed by atoms with Gasteiger partial charge in [0, 0.05) is 11.1 Å². The summed E-state index contributed by atoms with van der Waals surface area (Å²) in [5.74, 6) is 4.94. The van der Waals surface area contributed by atoms with E-state index in [0.717, 1.165) is 17.5 Å². The number of rotatable bonds is 4. The Morgan fingerprint density at radius 3 is 1.91 bits per heavy atom. The first-order valence-electron chi connectivity index (χ1n) is 7.11. The number of carboxylic acid groups (broad SMARTS) is 1. The molecule has 0 amide bonds. The van der Waals surface area contributed by atoms with Gasteiger partial charge in [0.2, 0.25) is 0 Å². The first-order valence-corrected chi connectivity index (χ1v) is 7.11. The number of benzene rings is 2. The van der Waals surface area contributed by atoms with Crippen molar-refractivity contribution in [2.75, 3.05) is 0 Å². The second-order valence-corrected chi connectivity index (χ2v) is 4.92. The van der Waals surface area contributed by atoms with E-state index in [2.05, 4.69) is 30.9 Å². The smallest absolute Gasteiger partial charge is 0.545 e. The van der Waals surface area contributed by atoms with Crippen molar-refractivity contribution in [1.29, 1.82) is 0 Å². The molecule has 0 saturated carbocycles. The fourth-order valence-electron chi connectivity index (χ4n) is 1.97. The largest absolute Gasteiger partial charge is 1.00 e. The van der Waals surface area contributed by atoms with E-state index in [1.807, 2.05) is 12.1 Å². The van der Waals surface area contributed by atoms with Crippen LogP contribution in [0.4, 0.5) is 0 Å². The molecule has 2 rings (SSSR count). The summed E-state index contributed by atoms with van der Waals surface area (Å²) < 4.78 is 0. The topological polar surface area (TPSA) is 40.1 Å². The van der Waals surface area contributed by atoms with Crippen molar-refractivity contribution in [2.45, 2.75) is 26.2 Å². The molecule has 0 aliphatic rings. The molecule has 106 valence electrons. The molecule has 2 nitrogen and oxygen atoms in total. The molecule has 0 fully saturated rings. The molecule has 3 heteroatoms. The molecule has 0 heterocycles. The van der Waals surface area contributed by atoms with E-state index in [9.17, 15) is 9.90 Å². The Kier molecular flexibility index (Phi) is 7.98. The molecule has 0 aliphatic heterocycles. The molecule has 0 radical (unpaired) electrons. The van der Waals surface area contributed by atoms with Crippen molar-refractivity contribution in [3.05, 3.63) is 70.8 Å². The zero-order valence-electron chi connectivity index (χ0n) is 13.1. The number of carboxylic acids is 1. The number of hydrogen-bond acceptors (Lipinski definition) is 2. The first kappa shape index (κ1) is 18.5. The number of carbonyl (C=O) groups excluding carboxylic acids is 1. The molecule has 22 heavy (non-hydrogen) atoms. The van der Waals surface area contributed by atoms with Gasteiger partial charge in [-0.15, -0.1) is 0 Å². The average Bonchev–Trinajstić information content (AvgIpc) is 2.52. The number of aryl methyl sites for hydroxylation is 1. The third kappa shape index (κ3) is 5.69. The Morgan fingerprint density at radius 2 is 1.45 bits per heavy atom. The molecule has 0 aromatic heterocycles. The minimum atomic E-state index is -1.17. The molecule has 0 bridgehead atoms. The van der Waals surface area contributed by atoms with Gasteiger partial charge in [0.1, 0.15) is 0 Å². The molecule has 0 spiro atoms. The maximum Gasteiger partial charge on any atom is 1.00 e. The van der Waals surface area contributed by atoms with Gasteiger partial charge in [-0.05, 0) is 48.2 Å². The van der Waals surface area contributed by atoms with Crippen molar-refractivity contribution < 1.29 is 39.5 Å². The molecule has 0 unspecified atom stereocenters. The minimum absolute atomic E-state index is 0. The maximum atomic E-state index is 10.7. The van der Waals surface area contributed by atoms with Crippen LogP contribution >= 0.6 is 0 Å². The second-order valence-electron chi connectivity index (χ2n) is 4.92. The van der Waals surface area contributed by atoms with E-state index in [4.69, 9.17) is 0 Å². The van der Waals surface area contributed by atoms with Crippen LogP contribution in [-0.4, -0.2) is 5.97 Å². The van der Waals surface area contributed by atoms with E-state index in [0.29, 0.717) is 0 Å². The SMILES string of the molecule is CCCCc1ccc(C#Cc2ccc(C(=O)[O-])cc2)cc1.[Na+]. The van der Waals surface area contributed by atoms with Crippen LogP contribution in [0.1, 0.15) is 46.8 Å². The summed E-state index contributed by atoms with van der Waals surface area (Å²) in [5.41, 5.74) is 3.25. The Bertz CT molecular complexity index is 661. The number of aromatic carboxylic acids is 1. The van der Waals surface area contributed by atoms with Crippen LogP contribution in [0.2, 0.25) is 0 Å². The Labute approximate surface area is 153 Å². The summed E-state index contributed by atoms with van der Waals surface area (Å²) in [4.78, 5) is 10.7. The zero-order chi connectivity index (χ0) is 15.1. The summed E-state index contributed by atoms with van der Waals surface area (Å²) in [6.45, 7) is 2.19. The van der Waals surface area contributed by atoms with Crippen LogP contribution in [-0.2, 0) is 6.42 Å². The molecule has 0 saturated heterocycles. The second kappa shape index (κ2) is 9.48. The molecule has 2 aromatic carbocycles. The van der Waals surface area contributed by atoms with Crippen LogP contribution < -0.4 is 34.7 Å². The number of unbranched alkanes of at least 4 members (excludes halogenated alkanes) is 1. The summed E-state index contributed by atoms with van der Waals surface area (Å²) in [6.07, 6.45) is 3.51. The minimum Gasteiger partial charge on any atom is -0.545 e. The molecule has 0 N–H and O–H groups in total. The van der Waals surface area contributed by atoms with E-state index in [-0.39, 0.29) is 35.1 Å². The standard InChI is InChI=1S/C19H18O2.Na/c1-2-3-4-15-5-7-16(8-6-15)9-10-17-11-13-18(14-12-17)19(20)21;/h5-8,11-14H,2-4H2,1H3,(H,20,21);/q;+1/p-1. The Morgan fingerprint density at radius 1 is 0.955 bits per heavy atom. The summed E-state index contributed by atoms with van der Waals surface area (Å²) in [6, 6.07) is 14.7. The predicted octanol–water partition coefficient (Wildman–Crippen LogP) is -0.203. The first-order chi connectivity index (χ1) is 10.2. The molecule has 0 aliphatic carbocycles. The number of hydrogen-bond donors (Lipinski definition) is 0. The van der Waals surface area contributed by atoms with Crippen LogP contribution in [0, 0.1) is 11.8 Å². The van der Waals surface area contributed by atoms with Crippen molar-refractivity contribution >= 4 is 5.97 Å². The average molecular weight is 300 g/mol. The van der Waals surface area contributed by atoms with Crippen LogP contribution in [0.15, 0.2) is 48.5 Å². The molecule has 0 atom stereocenters. The van der Waals surface area contributed by atoms with Gasteiger partial charge in [0.15, 0.2) is 0 Å². The van der Waals surface area contributed by atoms with Gasteiger partial charge in [-0.1, -0.05) is 49.5 Å². The number of carbonyl (C=O) groups is 1. The van der Waals surface area contributed by atoms with Crippen LogP contribution in [0.3, 0.4) is 0 Å². The fraction of sp³-hybridized carbons (Fsp3) is 0.211. The van der Waals surface area contributed by atoms with Crippen molar-refractivity contribution in [3.63, 3.8) is 0 Å². The molecular formula is C19H17NaO2. The third-order valence-corrected chi connectivity index (χ3v) is 3.24. The fourth-order valence-corrected chi connectivity index (χ4v) is 1.97. The third-order valence-electron chi connectivity index (χ3n) is 3.24. The van der Waals surface area contributed by atoms with E-state index >= 15 is 0 Å². The van der Waals surface area contributed by atoms with Gasteiger partial charge in [-0.25, -0.2) is 0 Å². The normalized spacial score (nSPS) is 9.32. The van der Waals surface area contributed by atoms with Crippen LogP contribution in [0.25, 0.3) is 0 Å². The van der Waals surface area contributed by atoms with Crippen LogP contribution in [0.5, 0.6) is 0 Å². The summed E-state index contributed by atoms with van der Waals surface area (Å²) in [7, 11) is 0. The monoisotopic (exact) mass is 300 g/mol. The van der Waals surface area contributed by atoms with Gasteiger partial charge >= 0.3 is 29.6 Å². The van der Waals surface area contributed by atoms with Gasteiger partial charge in [0.25, 0.3) is 0 Å². The van der Waals surface area contributed by atoms with E-state index in [1.54, 1.807) is 12.1 Å². The van der Waals surface area contributed by atoms with E-state index in [1.165, 1.54) is 30.5 Å². The van der Waals surface area contributed by atoms with Gasteiger partial charge in [-0.2, -0.15) is 0 Å².